The van der Waals surface area contributed by atoms with Crippen LogP contribution in [0.25, 0.3) is 0 Å². The molecule has 0 fully saturated rings. The third-order valence-corrected chi connectivity index (χ3v) is 3.36. The summed E-state index contributed by atoms with van der Waals surface area (Å²) in [6.45, 7) is 0. The van der Waals surface area contributed by atoms with Gasteiger partial charge in [-0.2, -0.15) is 0 Å². The Morgan fingerprint density at radius 3 is 0.800 bits per heavy atom. The van der Waals surface area contributed by atoms with Crippen LogP contribution >= 0.6 is 22.8 Å². The molecule has 0 aliphatic heterocycles. The van der Waals surface area contributed by atoms with E-state index in [1.807, 2.05) is 0 Å². The molecule has 0 heterocycles. The molecule has 0 rings (SSSR count). The predicted molar refractivity (Wildman–Crippen MR) is 39.3 cm³/mol. The van der Waals surface area contributed by atoms with Gasteiger partial charge in [0.1, 0.15) is 0 Å². The number of hydrogen-bond acceptors (Lipinski definition) is 10. The van der Waals surface area contributed by atoms with Gasteiger partial charge in [-0.05, 0) is 0 Å². The Hall–Kier alpha value is 6.96. The Bertz CT molecular complexity index is 320. The molecule has 0 spiro atoms. The first kappa shape index (κ1) is 37.7. The second-order valence-corrected chi connectivity index (χ2v) is 7.44. The first-order chi connectivity index (χ1) is 6.79. The van der Waals surface area contributed by atoms with Gasteiger partial charge in [0.25, 0.3) is 0 Å². The molecule has 10 nitrogen and oxygen atoms in total. The van der Waals surface area contributed by atoms with Gasteiger partial charge < -0.3 is 43.1 Å². The zero-order valence-electron chi connectivity index (χ0n) is 11.6. The fourth-order valence-electron chi connectivity index (χ4n) is 0.869. The molecule has 0 atom stereocenters. The van der Waals surface area contributed by atoms with Crippen LogP contribution in [0.15, 0.2) is 0 Å². The summed E-state index contributed by atoms with van der Waals surface area (Å²) in [6.07, 6.45) is -4.55. The molecule has 0 saturated carbocycles. The standard InChI is InChI=1S/C3H12NO9P3.4K/c5-14(6,7)1-4(2-15(8,9)10)3-16(11,12)13;;;;/h1-3H2,(H2,5,6,7)(H2,8,9,10)(H2,11,12,13);;;;/q;4*+1/p-6. The van der Waals surface area contributed by atoms with Gasteiger partial charge in [0.05, 0.1) is 0 Å². The van der Waals surface area contributed by atoms with E-state index in [2.05, 4.69) is 0 Å². The van der Waals surface area contributed by atoms with E-state index >= 15 is 0 Å². The van der Waals surface area contributed by atoms with Crippen molar-refractivity contribution < 1.29 is 249 Å². The minimum atomic E-state index is -5.27. The maximum Gasteiger partial charge on any atom is 1.00 e. The number of rotatable bonds is 6. The van der Waals surface area contributed by atoms with E-state index in [0.29, 0.717) is 0 Å². The summed E-state index contributed by atoms with van der Waals surface area (Å²) in [4.78, 5) is 61.5. The second-order valence-electron chi connectivity index (χ2n) is 2.93. The maximum absolute atomic E-state index is 10.3. The van der Waals surface area contributed by atoms with Gasteiger partial charge >= 0.3 is 206 Å². The summed E-state index contributed by atoms with van der Waals surface area (Å²) in [7, 11) is -15.8. The van der Waals surface area contributed by atoms with Gasteiger partial charge in [-0.3, -0.25) is 4.90 Å². The van der Waals surface area contributed by atoms with E-state index < -0.39 is 41.6 Å². The van der Waals surface area contributed by atoms with Gasteiger partial charge in [0, 0.05) is 18.9 Å². The van der Waals surface area contributed by atoms with Gasteiger partial charge in [0.2, 0.25) is 0 Å². The Labute approximate surface area is 286 Å². The van der Waals surface area contributed by atoms with Crippen molar-refractivity contribution in [2.45, 2.75) is 0 Å². The normalized spacial score (nSPS) is 11.6. The van der Waals surface area contributed by atoms with Crippen molar-refractivity contribution >= 4 is 22.8 Å². The molecule has 0 radical (unpaired) electrons. The van der Waals surface area contributed by atoms with Crippen molar-refractivity contribution in [1.29, 1.82) is 0 Å². The summed E-state index contributed by atoms with van der Waals surface area (Å²) < 4.78 is 30.8. The second kappa shape index (κ2) is 16.9. The van der Waals surface area contributed by atoms with Crippen LogP contribution in [0, 0.1) is 0 Å². The van der Waals surface area contributed by atoms with Crippen LogP contribution in [-0.4, -0.2) is 23.8 Å². The van der Waals surface area contributed by atoms with Crippen molar-refractivity contribution in [2.75, 3.05) is 18.9 Å². The van der Waals surface area contributed by atoms with Crippen molar-refractivity contribution in [1.82, 2.24) is 4.90 Å². The monoisotopic (exact) mass is 449 g/mol. The Morgan fingerprint density at radius 1 is 0.550 bits per heavy atom. The van der Waals surface area contributed by atoms with E-state index in [1.54, 1.807) is 0 Å². The van der Waals surface area contributed by atoms with Gasteiger partial charge in [-0.15, -0.1) is 0 Å². The third kappa shape index (κ3) is 29.7. The fourth-order valence-corrected chi connectivity index (χ4v) is 3.41. The van der Waals surface area contributed by atoms with E-state index in [4.69, 9.17) is 0 Å². The summed E-state index contributed by atoms with van der Waals surface area (Å²) >= 11 is 0. The van der Waals surface area contributed by atoms with E-state index in [1.165, 1.54) is 0 Å². The molecular weight excluding hydrogens is 443 g/mol. The van der Waals surface area contributed by atoms with Crippen LogP contribution in [0.4, 0.5) is 0 Å². The molecule has 98 valence electrons. The summed E-state index contributed by atoms with van der Waals surface area (Å²) in [5.74, 6) is 0. The van der Waals surface area contributed by atoms with E-state index in [-0.39, 0.29) is 210 Å². The SMILES string of the molecule is O=P([O-])([O-])CN(CP(=O)([O-])[O-])CP(=O)([O-])[O-].[K+].[K+].[K+].[K+]. The maximum atomic E-state index is 10.3. The average molecular weight is 449 g/mol. The zero-order chi connectivity index (χ0) is 13.2. The van der Waals surface area contributed by atoms with Crippen molar-refractivity contribution in [3.63, 3.8) is 0 Å². The molecule has 0 aromatic carbocycles. The van der Waals surface area contributed by atoms with Crippen LogP contribution in [0.2, 0.25) is 0 Å². The van der Waals surface area contributed by atoms with Crippen LogP contribution in [0.5, 0.6) is 0 Å². The third-order valence-electron chi connectivity index (χ3n) is 1.12. The Morgan fingerprint density at radius 2 is 0.700 bits per heavy atom. The quantitative estimate of drug-likeness (QED) is 0.278. The Kier molecular flexibility index (Phi) is 31.8. The molecule has 0 unspecified atom stereocenters. The molecule has 17 heteroatoms. The van der Waals surface area contributed by atoms with Crippen LogP contribution in [-0.2, 0) is 13.7 Å². The fraction of sp³-hybridized carbons (Fsp3) is 1.00. The largest absolute Gasteiger partial charge is 1.00 e. The molecule has 0 aromatic heterocycles. The van der Waals surface area contributed by atoms with Crippen molar-refractivity contribution in [3.8, 4) is 0 Å². The smallest absolute Gasteiger partial charge is 0.810 e. The van der Waals surface area contributed by atoms with Gasteiger partial charge in [-0.1, -0.05) is 22.8 Å². The zero-order valence-corrected chi connectivity index (χ0v) is 26.8. The van der Waals surface area contributed by atoms with Crippen LogP contribution in [0.1, 0.15) is 0 Å². The molecule has 0 aliphatic carbocycles. The van der Waals surface area contributed by atoms with E-state index in [0.717, 1.165) is 0 Å². The summed E-state index contributed by atoms with van der Waals surface area (Å²) in [6, 6.07) is 0. The number of hydrogen-bond donors (Lipinski definition) is 0. The molecule has 20 heavy (non-hydrogen) atoms. The molecular formula is C3H6K4NO9P3-2. The minimum absolute atomic E-state index is 0. The minimum Gasteiger partial charge on any atom is -0.810 e. The topological polar surface area (TPSA) is 193 Å². The van der Waals surface area contributed by atoms with Crippen LogP contribution < -0.4 is 235 Å². The molecule has 0 aliphatic rings. The summed E-state index contributed by atoms with van der Waals surface area (Å²) in [5.41, 5.74) is 0. The van der Waals surface area contributed by atoms with Crippen molar-refractivity contribution in [2.24, 2.45) is 0 Å². The molecule has 0 amide bonds. The Balaban J connectivity index is -0.000000187. The molecule has 0 bridgehead atoms. The average Bonchev–Trinajstić information content (AvgIpc) is 1.70. The predicted octanol–water partition coefficient (Wildman–Crippen LogP) is -17.1. The molecule has 0 N–H and O–H groups in total. The van der Waals surface area contributed by atoms with Gasteiger partial charge in [0.15, 0.2) is 0 Å². The first-order valence-corrected chi connectivity index (χ1v) is 8.72. The first-order valence-electron chi connectivity index (χ1n) is 3.54. The van der Waals surface area contributed by atoms with Crippen molar-refractivity contribution in [3.05, 3.63) is 0 Å². The molecule has 0 saturated heterocycles. The van der Waals surface area contributed by atoms with Gasteiger partial charge in [-0.25, -0.2) is 0 Å². The molecule has 0 aromatic rings. The number of nitrogens with zero attached hydrogens (tertiary/aromatic N) is 1. The summed E-state index contributed by atoms with van der Waals surface area (Å²) in [5, 5.41) is 0. The van der Waals surface area contributed by atoms with Crippen LogP contribution in [0.3, 0.4) is 0 Å². The van der Waals surface area contributed by atoms with E-state index in [9.17, 15) is 43.1 Å².